The van der Waals surface area contributed by atoms with Crippen LogP contribution in [0, 0.1) is 12.8 Å². The summed E-state index contributed by atoms with van der Waals surface area (Å²) in [5.41, 5.74) is 0.915. The molecule has 1 N–H and O–H groups in total. The maximum atomic E-state index is 12.3. The molecule has 7 heteroatoms. The molecule has 132 valence electrons. The van der Waals surface area contributed by atoms with Gasteiger partial charge in [0.2, 0.25) is 0 Å². The van der Waals surface area contributed by atoms with Crippen molar-refractivity contribution in [3.8, 4) is 0 Å². The van der Waals surface area contributed by atoms with Crippen molar-refractivity contribution in [2.45, 2.75) is 33.3 Å². The van der Waals surface area contributed by atoms with E-state index in [2.05, 4.69) is 4.98 Å². The SMILES string of the molecule is CCOC(=O)c1cc(C(=O)OC)c(C)nc1N1CCC(C)C(O)C1. The number of pyridine rings is 1. The van der Waals surface area contributed by atoms with Gasteiger partial charge in [-0.1, -0.05) is 6.92 Å². The maximum absolute atomic E-state index is 12.3. The van der Waals surface area contributed by atoms with Gasteiger partial charge in [0.25, 0.3) is 0 Å². The van der Waals surface area contributed by atoms with Gasteiger partial charge in [-0.25, -0.2) is 14.6 Å². The number of carbonyl (C=O) groups excluding carboxylic acids is 2. The Morgan fingerprint density at radius 3 is 2.67 bits per heavy atom. The second-order valence-corrected chi connectivity index (χ2v) is 5.98. The summed E-state index contributed by atoms with van der Waals surface area (Å²) < 4.78 is 9.84. The summed E-state index contributed by atoms with van der Waals surface area (Å²) in [4.78, 5) is 30.5. The number of rotatable bonds is 4. The van der Waals surface area contributed by atoms with Crippen LogP contribution < -0.4 is 4.90 Å². The number of hydrogen-bond acceptors (Lipinski definition) is 7. The molecule has 7 nitrogen and oxygen atoms in total. The predicted molar refractivity (Wildman–Crippen MR) is 88.3 cm³/mol. The third-order valence-electron chi connectivity index (χ3n) is 4.31. The molecule has 2 atom stereocenters. The van der Waals surface area contributed by atoms with Crippen LogP contribution in [0.1, 0.15) is 46.7 Å². The van der Waals surface area contributed by atoms with Crippen LogP contribution >= 0.6 is 0 Å². The van der Waals surface area contributed by atoms with Crippen LogP contribution in [0.3, 0.4) is 0 Å². The smallest absolute Gasteiger partial charge is 0.341 e. The van der Waals surface area contributed by atoms with Gasteiger partial charge in [0.15, 0.2) is 0 Å². The van der Waals surface area contributed by atoms with Crippen LogP contribution in [0.25, 0.3) is 0 Å². The van der Waals surface area contributed by atoms with Crippen LogP contribution in [-0.4, -0.2) is 54.9 Å². The number of hydrogen-bond donors (Lipinski definition) is 1. The predicted octanol–water partition coefficient (Wildman–Crippen LogP) is 1.56. The first kappa shape index (κ1) is 18.2. The van der Waals surface area contributed by atoms with Gasteiger partial charge in [0, 0.05) is 13.1 Å². The number of β-amino-alcohol motifs (C(OH)–C–C–N with tert-alkyl or cyclic N) is 1. The van der Waals surface area contributed by atoms with Crippen LogP contribution in [0.5, 0.6) is 0 Å². The molecule has 0 amide bonds. The minimum atomic E-state index is -0.551. The molecule has 1 aliphatic rings. The van der Waals surface area contributed by atoms with Gasteiger partial charge in [0.05, 0.1) is 31.1 Å². The summed E-state index contributed by atoms with van der Waals surface area (Å²) >= 11 is 0. The quantitative estimate of drug-likeness (QED) is 0.835. The highest BCUT2D eigenvalue weighted by Gasteiger charge is 2.29. The van der Waals surface area contributed by atoms with Crippen molar-refractivity contribution in [1.82, 2.24) is 4.98 Å². The van der Waals surface area contributed by atoms with E-state index in [4.69, 9.17) is 9.47 Å². The number of carbonyl (C=O) groups is 2. The molecule has 0 saturated carbocycles. The van der Waals surface area contributed by atoms with Crippen molar-refractivity contribution in [3.63, 3.8) is 0 Å². The number of methoxy groups -OCH3 is 1. The number of anilines is 1. The molecule has 0 aliphatic carbocycles. The average Bonchev–Trinajstić information content (AvgIpc) is 2.56. The number of ether oxygens (including phenoxy) is 2. The first-order valence-electron chi connectivity index (χ1n) is 8.09. The van der Waals surface area contributed by atoms with Crippen LogP contribution in [-0.2, 0) is 9.47 Å². The molecule has 2 unspecified atom stereocenters. The largest absolute Gasteiger partial charge is 0.465 e. The van der Waals surface area contributed by atoms with E-state index >= 15 is 0 Å². The molecular formula is C17H24N2O5. The van der Waals surface area contributed by atoms with Crippen LogP contribution in [0.4, 0.5) is 5.82 Å². The molecule has 1 saturated heterocycles. The Labute approximate surface area is 141 Å². The average molecular weight is 336 g/mol. The van der Waals surface area contributed by atoms with E-state index < -0.39 is 18.0 Å². The highest BCUT2D eigenvalue weighted by Crippen LogP contribution is 2.27. The van der Waals surface area contributed by atoms with E-state index in [0.717, 1.165) is 6.42 Å². The summed E-state index contributed by atoms with van der Waals surface area (Å²) in [5.74, 6) is -0.463. The van der Waals surface area contributed by atoms with Crippen molar-refractivity contribution >= 4 is 17.8 Å². The molecule has 2 heterocycles. The number of aromatic nitrogens is 1. The van der Waals surface area contributed by atoms with Gasteiger partial charge < -0.3 is 19.5 Å². The van der Waals surface area contributed by atoms with Crippen molar-refractivity contribution in [3.05, 3.63) is 22.9 Å². The fraction of sp³-hybridized carbons (Fsp3) is 0.588. The van der Waals surface area contributed by atoms with Crippen molar-refractivity contribution in [1.29, 1.82) is 0 Å². The highest BCUT2D eigenvalue weighted by molar-refractivity contribution is 5.99. The molecule has 1 aromatic heterocycles. The number of aryl methyl sites for hydroxylation is 1. The third kappa shape index (κ3) is 3.67. The van der Waals surface area contributed by atoms with Crippen LogP contribution in [0.15, 0.2) is 6.07 Å². The Morgan fingerprint density at radius 1 is 1.38 bits per heavy atom. The molecule has 0 spiro atoms. The minimum absolute atomic E-state index is 0.197. The lowest BCUT2D eigenvalue weighted by Crippen LogP contribution is -2.44. The van der Waals surface area contributed by atoms with Gasteiger partial charge in [-0.15, -0.1) is 0 Å². The van der Waals surface area contributed by atoms with E-state index in [1.807, 2.05) is 11.8 Å². The molecule has 2 rings (SSSR count). The lowest BCUT2D eigenvalue weighted by molar-refractivity contribution is 0.0525. The monoisotopic (exact) mass is 336 g/mol. The van der Waals surface area contributed by atoms with Gasteiger partial charge in [0.1, 0.15) is 11.4 Å². The molecule has 0 bridgehead atoms. The van der Waals surface area contributed by atoms with Gasteiger partial charge >= 0.3 is 11.9 Å². The number of aliphatic hydroxyl groups is 1. The standard InChI is InChI=1S/C17H24N2O5/c1-5-24-17(22)13-8-12(16(21)23-4)11(3)18-15(13)19-7-6-10(2)14(20)9-19/h8,10,14,20H,5-7,9H2,1-4H3. The van der Waals surface area contributed by atoms with Gasteiger partial charge in [-0.3, -0.25) is 0 Å². The first-order valence-corrected chi connectivity index (χ1v) is 8.09. The molecule has 1 aromatic rings. The second-order valence-electron chi connectivity index (χ2n) is 5.98. The number of nitrogens with zero attached hydrogens (tertiary/aromatic N) is 2. The van der Waals surface area contributed by atoms with E-state index in [-0.39, 0.29) is 23.7 Å². The molecule has 0 aromatic carbocycles. The van der Waals surface area contributed by atoms with Crippen molar-refractivity contribution in [2.24, 2.45) is 5.92 Å². The van der Waals surface area contributed by atoms with Crippen LogP contribution in [0.2, 0.25) is 0 Å². The fourth-order valence-electron chi connectivity index (χ4n) is 2.75. The Bertz CT molecular complexity index is 632. The summed E-state index contributed by atoms with van der Waals surface area (Å²) in [5, 5.41) is 10.1. The zero-order valence-electron chi connectivity index (χ0n) is 14.5. The molecule has 24 heavy (non-hydrogen) atoms. The molecule has 1 aliphatic heterocycles. The maximum Gasteiger partial charge on any atom is 0.341 e. The van der Waals surface area contributed by atoms with Gasteiger partial charge in [-0.2, -0.15) is 0 Å². The Balaban J connectivity index is 2.47. The molecule has 1 fully saturated rings. The minimum Gasteiger partial charge on any atom is -0.465 e. The number of aliphatic hydroxyl groups excluding tert-OH is 1. The molecular weight excluding hydrogens is 312 g/mol. The fourth-order valence-corrected chi connectivity index (χ4v) is 2.75. The normalized spacial score (nSPS) is 20.6. The highest BCUT2D eigenvalue weighted by atomic mass is 16.5. The summed E-state index contributed by atoms with van der Waals surface area (Å²) in [6.45, 7) is 6.68. The zero-order chi connectivity index (χ0) is 17.9. The number of esters is 2. The Kier molecular flexibility index (Phi) is 5.77. The first-order chi connectivity index (χ1) is 11.4. The zero-order valence-corrected chi connectivity index (χ0v) is 14.5. The van der Waals surface area contributed by atoms with E-state index in [9.17, 15) is 14.7 Å². The third-order valence-corrected chi connectivity index (χ3v) is 4.31. The van der Waals surface area contributed by atoms with Crippen molar-refractivity contribution < 1.29 is 24.2 Å². The van der Waals surface area contributed by atoms with Crippen molar-refractivity contribution in [2.75, 3.05) is 31.7 Å². The van der Waals surface area contributed by atoms with Gasteiger partial charge in [-0.05, 0) is 32.3 Å². The molecule has 0 radical (unpaired) electrons. The lowest BCUT2D eigenvalue weighted by atomic mass is 9.95. The lowest BCUT2D eigenvalue weighted by Gasteiger charge is -2.36. The summed E-state index contributed by atoms with van der Waals surface area (Å²) in [6, 6.07) is 1.46. The van der Waals surface area contributed by atoms with E-state index in [1.165, 1.54) is 13.2 Å². The second kappa shape index (κ2) is 7.61. The van der Waals surface area contributed by atoms with E-state index in [0.29, 0.717) is 24.6 Å². The summed E-state index contributed by atoms with van der Waals surface area (Å²) in [6.07, 6.45) is 0.305. The topological polar surface area (TPSA) is 89.0 Å². The summed E-state index contributed by atoms with van der Waals surface area (Å²) in [7, 11) is 1.28. The van der Waals surface area contributed by atoms with E-state index in [1.54, 1.807) is 13.8 Å². The Morgan fingerprint density at radius 2 is 2.08 bits per heavy atom. The number of piperidine rings is 1. The Hall–Kier alpha value is -2.15.